The van der Waals surface area contributed by atoms with Crippen molar-refractivity contribution < 1.29 is 0 Å². The van der Waals surface area contributed by atoms with Crippen LogP contribution < -0.4 is 0 Å². The van der Waals surface area contributed by atoms with Gasteiger partial charge in [-0.25, -0.2) is 15.0 Å². The zero-order valence-corrected chi connectivity index (χ0v) is 33.8. The van der Waals surface area contributed by atoms with Gasteiger partial charge in [0.2, 0.25) is 0 Å². The summed E-state index contributed by atoms with van der Waals surface area (Å²) in [6.07, 6.45) is 9.83. The molecule has 0 amide bonds. The number of hydrogen-bond acceptors (Lipinski definition) is 3. The van der Waals surface area contributed by atoms with Crippen LogP contribution in [0, 0.1) is 0 Å². The second-order valence-electron chi connectivity index (χ2n) is 15.9. The Balaban J connectivity index is 1.20. The van der Waals surface area contributed by atoms with Crippen molar-refractivity contribution in [3.05, 3.63) is 224 Å². The van der Waals surface area contributed by atoms with Crippen molar-refractivity contribution in [2.45, 2.75) is 12.3 Å². The molecule has 3 aromatic heterocycles. The predicted molar refractivity (Wildman–Crippen MR) is 256 cm³/mol. The van der Waals surface area contributed by atoms with E-state index in [1.165, 1.54) is 38.1 Å². The van der Waals surface area contributed by atoms with Gasteiger partial charge in [0.15, 0.2) is 17.5 Å². The van der Waals surface area contributed by atoms with Gasteiger partial charge in [0.05, 0.1) is 27.8 Å². The second-order valence-corrected chi connectivity index (χ2v) is 15.9. The Morgan fingerprint density at radius 2 is 0.887 bits per heavy atom. The Hall–Kier alpha value is -8.15. The lowest BCUT2D eigenvalue weighted by Gasteiger charge is -2.24. The van der Waals surface area contributed by atoms with Crippen LogP contribution in [-0.4, -0.2) is 24.1 Å². The Morgan fingerprint density at radius 1 is 0.403 bits per heavy atom. The molecule has 292 valence electrons. The average Bonchev–Trinajstić information content (AvgIpc) is 3.87. The third-order valence-electron chi connectivity index (χ3n) is 12.3. The molecule has 0 bridgehead atoms. The van der Waals surface area contributed by atoms with Crippen molar-refractivity contribution >= 4 is 43.6 Å². The lowest BCUT2D eigenvalue weighted by molar-refractivity contribution is 0.844. The zero-order valence-electron chi connectivity index (χ0n) is 33.8. The van der Waals surface area contributed by atoms with E-state index in [9.17, 15) is 0 Å². The highest BCUT2D eigenvalue weighted by molar-refractivity contribution is 6.29. The van der Waals surface area contributed by atoms with Gasteiger partial charge in [-0.2, -0.15) is 0 Å². The first kappa shape index (κ1) is 35.8. The van der Waals surface area contributed by atoms with Gasteiger partial charge in [-0.15, -0.1) is 0 Å². The van der Waals surface area contributed by atoms with E-state index >= 15 is 0 Å². The van der Waals surface area contributed by atoms with Crippen LogP contribution in [-0.2, 0) is 0 Å². The highest BCUT2D eigenvalue weighted by Gasteiger charge is 2.27. The van der Waals surface area contributed by atoms with Crippen molar-refractivity contribution in [3.8, 4) is 56.7 Å². The van der Waals surface area contributed by atoms with Crippen molar-refractivity contribution in [1.29, 1.82) is 0 Å². The number of rotatable bonds is 7. The summed E-state index contributed by atoms with van der Waals surface area (Å²) in [6.45, 7) is 0. The van der Waals surface area contributed by atoms with Crippen molar-refractivity contribution in [2.75, 3.05) is 0 Å². The first-order chi connectivity index (χ1) is 30.8. The number of aromatic nitrogens is 5. The third kappa shape index (κ3) is 5.89. The molecule has 8 aromatic carbocycles. The third-order valence-corrected chi connectivity index (χ3v) is 12.3. The van der Waals surface area contributed by atoms with Crippen LogP contribution >= 0.6 is 0 Å². The van der Waals surface area contributed by atoms with E-state index in [4.69, 9.17) is 15.0 Å². The minimum Gasteiger partial charge on any atom is -0.309 e. The quantitative estimate of drug-likeness (QED) is 0.161. The van der Waals surface area contributed by atoms with Gasteiger partial charge in [-0.05, 0) is 66.1 Å². The molecule has 62 heavy (non-hydrogen) atoms. The fraction of sp³-hybridized carbons (Fsp3) is 0.0351. The largest absolute Gasteiger partial charge is 0.309 e. The van der Waals surface area contributed by atoms with Crippen molar-refractivity contribution in [2.24, 2.45) is 0 Å². The number of nitrogens with zero attached hydrogens (tertiary/aromatic N) is 5. The van der Waals surface area contributed by atoms with Gasteiger partial charge < -0.3 is 9.13 Å². The summed E-state index contributed by atoms with van der Waals surface area (Å²) in [6, 6.07) is 69.0. The number of hydrogen-bond donors (Lipinski definition) is 0. The number of allylic oxidation sites excluding steroid dienone is 4. The fourth-order valence-electron chi connectivity index (χ4n) is 9.52. The van der Waals surface area contributed by atoms with E-state index in [2.05, 4.69) is 191 Å². The lowest BCUT2D eigenvalue weighted by Crippen LogP contribution is -2.08. The maximum Gasteiger partial charge on any atom is 0.164 e. The molecule has 0 fully saturated rings. The molecule has 0 N–H and O–H groups in total. The van der Waals surface area contributed by atoms with Crippen LogP contribution in [0.5, 0.6) is 0 Å². The lowest BCUT2D eigenvalue weighted by atomic mass is 9.86. The molecule has 5 heteroatoms. The maximum atomic E-state index is 5.24. The molecule has 11 aromatic rings. The molecule has 3 heterocycles. The van der Waals surface area contributed by atoms with Gasteiger partial charge in [-0.1, -0.05) is 170 Å². The SMILES string of the molecule is C1=CCC(c2cc(-c3nc(-c4ccccc4)nc(-c4ccccc4)n3)cc(-c3ccccc3)c2-n2c3ccccc3c3c4c5ccccc5n(-c5ccccc5)c4ccc32)C=C1. The fourth-order valence-corrected chi connectivity index (χ4v) is 9.52. The van der Waals surface area contributed by atoms with Gasteiger partial charge in [0, 0.05) is 55.4 Å². The van der Waals surface area contributed by atoms with Gasteiger partial charge in [0.1, 0.15) is 0 Å². The Morgan fingerprint density at radius 3 is 1.45 bits per heavy atom. The molecule has 0 spiro atoms. The normalized spacial score (nSPS) is 13.8. The molecule has 5 nitrogen and oxygen atoms in total. The Bertz CT molecular complexity index is 3470. The zero-order chi connectivity index (χ0) is 41.0. The molecule has 0 saturated heterocycles. The average molecular weight is 794 g/mol. The first-order valence-electron chi connectivity index (χ1n) is 21.2. The molecule has 1 atom stereocenters. The Labute approximate surface area is 359 Å². The van der Waals surface area contributed by atoms with E-state index in [0.717, 1.165) is 56.6 Å². The number of benzene rings is 8. The molecular formula is C57H39N5. The number of fused-ring (bicyclic) bond motifs is 7. The highest BCUT2D eigenvalue weighted by Crippen LogP contribution is 2.47. The highest BCUT2D eigenvalue weighted by atomic mass is 15.0. The molecule has 1 aliphatic rings. The summed E-state index contributed by atoms with van der Waals surface area (Å²) in [5.41, 5.74) is 13.3. The van der Waals surface area contributed by atoms with E-state index in [1.54, 1.807) is 0 Å². The summed E-state index contributed by atoms with van der Waals surface area (Å²) in [5, 5.41) is 4.95. The summed E-state index contributed by atoms with van der Waals surface area (Å²) < 4.78 is 4.94. The van der Waals surface area contributed by atoms with E-state index in [-0.39, 0.29) is 5.92 Å². The summed E-state index contributed by atoms with van der Waals surface area (Å²) >= 11 is 0. The van der Waals surface area contributed by atoms with Crippen LogP contribution in [0.3, 0.4) is 0 Å². The van der Waals surface area contributed by atoms with E-state index in [0.29, 0.717) is 17.5 Å². The van der Waals surface area contributed by atoms with Gasteiger partial charge in [-0.3, -0.25) is 0 Å². The number of para-hydroxylation sites is 3. The minimum absolute atomic E-state index is 0.0985. The summed E-state index contributed by atoms with van der Waals surface area (Å²) in [7, 11) is 0. The van der Waals surface area contributed by atoms with E-state index in [1.807, 2.05) is 36.4 Å². The van der Waals surface area contributed by atoms with Crippen molar-refractivity contribution in [3.63, 3.8) is 0 Å². The molecule has 0 aliphatic heterocycles. The molecular weight excluding hydrogens is 755 g/mol. The van der Waals surface area contributed by atoms with E-state index < -0.39 is 0 Å². The molecule has 0 radical (unpaired) electrons. The van der Waals surface area contributed by atoms with Gasteiger partial charge in [0.25, 0.3) is 0 Å². The van der Waals surface area contributed by atoms with Crippen LogP contribution in [0.1, 0.15) is 17.9 Å². The minimum atomic E-state index is 0.0985. The molecule has 1 aliphatic carbocycles. The standard InChI is InChI=1S/C57H39N5/c1-6-20-38(21-7-1)46-36-42(57-59-55(40-24-10-3-11-25-40)58-56(60-57)41-26-12-4-13-27-41)37-47(39-22-8-2-9-23-39)54(46)62-49-33-19-17-31-45(49)53-51(62)35-34-50-52(53)44-30-16-18-32-48(44)61(50)43-28-14-5-15-29-43/h1-22,24-37,39H,23H2. The summed E-state index contributed by atoms with van der Waals surface area (Å²) in [5.74, 6) is 2.02. The van der Waals surface area contributed by atoms with Crippen LogP contribution in [0.25, 0.3) is 100 Å². The van der Waals surface area contributed by atoms with Crippen LogP contribution in [0.2, 0.25) is 0 Å². The van der Waals surface area contributed by atoms with Crippen LogP contribution in [0.4, 0.5) is 0 Å². The Kier molecular flexibility index (Phi) is 8.56. The smallest absolute Gasteiger partial charge is 0.164 e. The molecule has 1 unspecified atom stereocenters. The van der Waals surface area contributed by atoms with Gasteiger partial charge >= 0.3 is 0 Å². The molecule has 12 rings (SSSR count). The van der Waals surface area contributed by atoms with Crippen molar-refractivity contribution in [1.82, 2.24) is 24.1 Å². The monoisotopic (exact) mass is 793 g/mol. The van der Waals surface area contributed by atoms with Crippen LogP contribution in [0.15, 0.2) is 218 Å². The first-order valence-corrected chi connectivity index (χ1v) is 21.2. The second kappa shape index (κ2) is 14.8. The topological polar surface area (TPSA) is 48.5 Å². The maximum absolute atomic E-state index is 5.24. The predicted octanol–water partition coefficient (Wildman–Crippen LogP) is 14.3. The summed E-state index contributed by atoms with van der Waals surface area (Å²) in [4.78, 5) is 15.5. The molecule has 0 saturated carbocycles.